The summed E-state index contributed by atoms with van der Waals surface area (Å²) in [5.41, 5.74) is 6.94. The van der Waals surface area contributed by atoms with Gasteiger partial charge in [0.2, 0.25) is 5.95 Å². The van der Waals surface area contributed by atoms with Crippen LogP contribution in [0.4, 0.5) is 11.8 Å². The van der Waals surface area contributed by atoms with Crippen LogP contribution in [0.25, 0.3) is 20.3 Å². The van der Waals surface area contributed by atoms with E-state index in [9.17, 15) is 0 Å². The quantitative estimate of drug-likeness (QED) is 0.661. The van der Waals surface area contributed by atoms with Gasteiger partial charge in [-0.25, -0.2) is 4.98 Å². The highest BCUT2D eigenvalue weighted by Crippen LogP contribution is 2.39. The van der Waals surface area contributed by atoms with E-state index in [-0.39, 0.29) is 12.4 Å². The second kappa shape index (κ2) is 6.39. The van der Waals surface area contributed by atoms with Crippen molar-refractivity contribution >= 4 is 71.7 Å². The van der Waals surface area contributed by atoms with E-state index in [1.165, 1.54) is 4.70 Å². The van der Waals surface area contributed by atoms with E-state index in [4.69, 9.17) is 5.73 Å². The summed E-state index contributed by atoms with van der Waals surface area (Å²) >= 11 is 5.28. The second-order valence-electron chi connectivity index (χ2n) is 5.62. The number of fused-ring (bicyclic) bond motifs is 3. The Morgan fingerprint density at radius 2 is 1.91 bits per heavy atom. The molecule has 0 saturated carbocycles. The van der Waals surface area contributed by atoms with Gasteiger partial charge in [-0.3, -0.25) is 0 Å². The van der Waals surface area contributed by atoms with Gasteiger partial charge in [0.1, 0.15) is 0 Å². The molecule has 1 saturated heterocycles. The molecule has 4 rings (SSSR count). The Bertz CT molecular complexity index is 860. The van der Waals surface area contributed by atoms with Gasteiger partial charge in [0.25, 0.3) is 0 Å². The summed E-state index contributed by atoms with van der Waals surface area (Å²) in [7, 11) is 2.15. The highest BCUT2D eigenvalue weighted by molar-refractivity contribution is 9.10. The van der Waals surface area contributed by atoms with E-state index in [0.29, 0.717) is 5.95 Å². The van der Waals surface area contributed by atoms with E-state index < -0.39 is 0 Å². The zero-order valence-corrected chi connectivity index (χ0v) is 15.8. The molecule has 0 amide bonds. The topological polar surface area (TPSA) is 58.3 Å². The molecule has 122 valence electrons. The Morgan fingerprint density at radius 1 is 1.17 bits per heavy atom. The van der Waals surface area contributed by atoms with Crippen LogP contribution in [-0.4, -0.2) is 48.1 Å². The van der Waals surface area contributed by atoms with Crippen LogP contribution in [0.15, 0.2) is 22.7 Å². The van der Waals surface area contributed by atoms with Crippen LogP contribution in [0, 0.1) is 0 Å². The number of benzene rings is 1. The number of likely N-dealkylation sites (N-methyl/N-ethyl adjacent to an activating group) is 1. The Kier molecular flexibility index (Phi) is 4.64. The number of piperazine rings is 1. The normalized spacial score (nSPS) is 16.0. The van der Waals surface area contributed by atoms with Gasteiger partial charge in [-0.15, -0.1) is 23.7 Å². The van der Waals surface area contributed by atoms with Gasteiger partial charge in [-0.2, -0.15) is 4.98 Å². The maximum Gasteiger partial charge on any atom is 0.222 e. The fourth-order valence-electron chi connectivity index (χ4n) is 2.85. The summed E-state index contributed by atoms with van der Waals surface area (Å²) in [5, 5.41) is 1.14. The zero-order valence-electron chi connectivity index (χ0n) is 12.6. The minimum absolute atomic E-state index is 0. The largest absolute Gasteiger partial charge is 0.368 e. The van der Waals surface area contributed by atoms with Crippen LogP contribution in [0.1, 0.15) is 0 Å². The van der Waals surface area contributed by atoms with Crippen LogP contribution >= 0.6 is 39.7 Å². The molecule has 3 heterocycles. The van der Waals surface area contributed by atoms with Crippen molar-refractivity contribution in [3.05, 3.63) is 22.7 Å². The average molecular weight is 415 g/mol. The smallest absolute Gasteiger partial charge is 0.222 e. The number of nitrogens with zero attached hydrogens (tertiary/aromatic N) is 4. The van der Waals surface area contributed by atoms with Gasteiger partial charge in [0, 0.05) is 40.7 Å². The van der Waals surface area contributed by atoms with Crippen molar-refractivity contribution in [2.45, 2.75) is 0 Å². The molecule has 0 bridgehead atoms. The number of hydrogen-bond donors (Lipinski definition) is 1. The Morgan fingerprint density at radius 3 is 2.65 bits per heavy atom. The number of hydrogen-bond acceptors (Lipinski definition) is 6. The first kappa shape index (κ1) is 16.7. The minimum Gasteiger partial charge on any atom is -0.368 e. The lowest BCUT2D eigenvalue weighted by Gasteiger charge is -2.33. The molecule has 8 heteroatoms. The van der Waals surface area contributed by atoms with Crippen LogP contribution in [0.5, 0.6) is 0 Å². The van der Waals surface area contributed by atoms with Gasteiger partial charge >= 0.3 is 0 Å². The summed E-state index contributed by atoms with van der Waals surface area (Å²) in [6.07, 6.45) is 0. The molecule has 0 aliphatic carbocycles. The van der Waals surface area contributed by atoms with Crippen molar-refractivity contribution in [2.24, 2.45) is 0 Å². The summed E-state index contributed by atoms with van der Waals surface area (Å²) in [5.74, 6) is 1.33. The lowest BCUT2D eigenvalue weighted by molar-refractivity contribution is 0.312. The first-order valence-corrected chi connectivity index (χ1v) is 8.81. The van der Waals surface area contributed by atoms with Crippen molar-refractivity contribution < 1.29 is 0 Å². The van der Waals surface area contributed by atoms with Crippen LogP contribution in [-0.2, 0) is 0 Å². The molecule has 1 aromatic carbocycles. The first-order valence-electron chi connectivity index (χ1n) is 7.20. The molecular formula is C15H17BrClN5S. The number of nitrogen functional groups attached to an aromatic ring is 1. The van der Waals surface area contributed by atoms with Crippen molar-refractivity contribution in [3.63, 3.8) is 0 Å². The summed E-state index contributed by atoms with van der Waals surface area (Å²) in [6.45, 7) is 4.03. The highest BCUT2D eigenvalue weighted by Gasteiger charge is 2.21. The number of nitrogens with two attached hydrogens (primary N) is 1. The lowest BCUT2D eigenvalue weighted by atomic mass is 10.2. The maximum absolute atomic E-state index is 5.98. The maximum atomic E-state index is 5.98. The van der Waals surface area contributed by atoms with Gasteiger partial charge in [-0.05, 0) is 25.2 Å². The fraction of sp³-hybridized carbons (Fsp3) is 0.333. The lowest BCUT2D eigenvalue weighted by Crippen LogP contribution is -2.44. The Balaban J connectivity index is 0.00000156. The van der Waals surface area contributed by atoms with Gasteiger partial charge in [0.15, 0.2) is 5.82 Å². The molecule has 1 aliphatic rings. The molecule has 0 spiro atoms. The molecular weight excluding hydrogens is 398 g/mol. The molecule has 1 aliphatic heterocycles. The van der Waals surface area contributed by atoms with Crippen molar-refractivity contribution in [3.8, 4) is 0 Å². The highest BCUT2D eigenvalue weighted by atomic mass is 79.9. The zero-order chi connectivity index (χ0) is 15.3. The van der Waals surface area contributed by atoms with Crippen LogP contribution < -0.4 is 10.6 Å². The second-order valence-corrected chi connectivity index (χ2v) is 7.58. The van der Waals surface area contributed by atoms with Gasteiger partial charge in [-0.1, -0.05) is 15.9 Å². The number of thiophene rings is 1. The minimum atomic E-state index is 0. The van der Waals surface area contributed by atoms with Crippen molar-refractivity contribution in [2.75, 3.05) is 43.9 Å². The molecule has 2 N–H and O–H groups in total. The van der Waals surface area contributed by atoms with Crippen molar-refractivity contribution in [1.29, 1.82) is 0 Å². The summed E-state index contributed by atoms with van der Waals surface area (Å²) < 4.78 is 3.40. The van der Waals surface area contributed by atoms with E-state index in [0.717, 1.165) is 52.1 Å². The molecule has 0 atom stereocenters. The molecule has 3 aromatic rings. The first-order chi connectivity index (χ1) is 10.6. The predicted octanol–water partition coefficient (Wildman–Crippen LogP) is 3.36. The predicted molar refractivity (Wildman–Crippen MR) is 104 cm³/mol. The third-order valence-electron chi connectivity index (χ3n) is 4.08. The summed E-state index contributed by atoms with van der Waals surface area (Å²) in [6, 6.07) is 6.29. The molecule has 2 aromatic heterocycles. The molecule has 0 radical (unpaired) electrons. The van der Waals surface area contributed by atoms with Gasteiger partial charge in [0.05, 0.1) is 10.2 Å². The Labute approximate surface area is 153 Å². The number of aromatic nitrogens is 2. The van der Waals surface area contributed by atoms with Crippen LogP contribution in [0.2, 0.25) is 0 Å². The number of halogens is 2. The van der Waals surface area contributed by atoms with E-state index in [1.54, 1.807) is 11.3 Å². The van der Waals surface area contributed by atoms with Crippen LogP contribution in [0.3, 0.4) is 0 Å². The summed E-state index contributed by atoms with van der Waals surface area (Å²) in [4.78, 5) is 13.7. The Hall–Kier alpha value is -1.15. The number of anilines is 2. The molecule has 5 nitrogen and oxygen atoms in total. The third-order valence-corrected chi connectivity index (χ3v) is 5.73. The standard InChI is InChI=1S/C15H16BrN5S.ClH/c1-20-4-6-21(7-5-20)14-13-12(18-15(17)19-14)10-8-9(16)2-3-11(10)22-13;/h2-3,8H,4-7H2,1H3,(H2,17,18,19);1H. The third kappa shape index (κ3) is 2.98. The van der Waals surface area contributed by atoms with E-state index in [1.807, 2.05) is 0 Å². The van der Waals surface area contributed by atoms with E-state index >= 15 is 0 Å². The van der Waals surface area contributed by atoms with Crippen molar-refractivity contribution in [1.82, 2.24) is 14.9 Å². The monoisotopic (exact) mass is 413 g/mol. The van der Waals surface area contributed by atoms with Gasteiger partial charge < -0.3 is 15.5 Å². The SMILES string of the molecule is CN1CCN(c2nc(N)nc3c2sc2ccc(Br)cc23)CC1.Cl. The molecule has 23 heavy (non-hydrogen) atoms. The van der Waals surface area contributed by atoms with E-state index in [2.05, 4.69) is 60.9 Å². The molecule has 1 fully saturated rings. The number of rotatable bonds is 1. The average Bonchev–Trinajstić information content (AvgIpc) is 2.85. The molecule has 0 unspecified atom stereocenters. The fourth-order valence-corrected chi connectivity index (χ4v) is 4.35.